The minimum Gasteiger partial charge on any atom is -0.385 e. The van der Waals surface area contributed by atoms with E-state index < -0.39 is 0 Å². The summed E-state index contributed by atoms with van der Waals surface area (Å²) in [7, 11) is 0. The predicted molar refractivity (Wildman–Crippen MR) is 41.4 cm³/mol. The third kappa shape index (κ3) is 0.897. The van der Waals surface area contributed by atoms with Crippen LogP contribution in [0.4, 0.5) is 0 Å². The van der Waals surface area contributed by atoms with Gasteiger partial charge in [-0.05, 0) is 18.9 Å². The molecule has 0 aromatic heterocycles. The molecule has 2 N–H and O–H groups in total. The zero-order valence-corrected chi connectivity index (χ0v) is 5.98. The fourth-order valence-corrected chi connectivity index (χ4v) is 1.42. The Kier molecular flexibility index (Phi) is 1.38. The van der Waals surface area contributed by atoms with E-state index in [9.17, 15) is 0 Å². The van der Waals surface area contributed by atoms with Crippen molar-refractivity contribution in [3.05, 3.63) is 23.5 Å². The summed E-state index contributed by atoms with van der Waals surface area (Å²) in [5.74, 6) is 0. The molecular formula is C8H12N2. The van der Waals surface area contributed by atoms with E-state index in [1.807, 2.05) is 0 Å². The monoisotopic (exact) mass is 136 g/mol. The summed E-state index contributed by atoms with van der Waals surface area (Å²) in [6, 6.07) is 0. The quantitative estimate of drug-likeness (QED) is 0.513. The van der Waals surface area contributed by atoms with Crippen LogP contribution in [-0.2, 0) is 0 Å². The molecule has 1 aliphatic carbocycles. The fourth-order valence-electron chi connectivity index (χ4n) is 1.42. The first-order valence-corrected chi connectivity index (χ1v) is 3.84. The summed E-state index contributed by atoms with van der Waals surface area (Å²) in [5.41, 5.74) is 2.70. The molecule has 54 valence electrons. The van der Waals surface area contributed by atoms with Crippen molar-refractivity contribution in [1.29, 1.82) is 0 Å². The molecule has 0 aromatic rings. The molecule has 2 rings (SSSR count). The van der Waals surface area contributed by atoms with Crippen molar-refractivity contribution in [1.82, 2.24) is 10.6 Å². The fraction of sp³-hybridized carbons (Fsp3) is 0.500. The van der Waals surface area contributed by atoms with Crippen LogP contribution in [0.2, 0.25) is 0 Å². The van der Waals surface area contributed by atoms with Crippen LogP contribution in [0.5, 0.6) is 0 Å². The smallest absolute Gasteiger partial charge is 0.0530 e. The van der Waals surface area contributed by atoms with Crippen molar-refractivity contribution in [2.45, 2.75) is 12.8 Å². The van der Waals surface area contributed by atoms with Gasteiger partial charge in [0.1, 0.15) is 0 Å². The van der Waals surface area contributed by atoms with Crippen molar-refractivity contribution in [3.63, 3.8) is 0 Å². The molecule has 0 fully saturated rings. The Morgan fingerprint density at radius 2 is 2.10 bits per heavy atom. The minimum absolute atomic E-state index is 1.06. The Hall–Kier alpha value is -0.920. The molecular weight excluding hydrogens is 124 g/mol. The number of hydrogen-bond acceptors (Lipinski definition) is 2. The first-order valence-electron chi connectivity index (χ1n) is 3.84. The van der Waals surface area contributed by atoms with Gasteiger partial charge in [0.05, 0.1) is 5.70 Å². The molecule has 0 aromatic carbocycles. The topological polar surface area (TPSA) is 24.1 Å². The van der Waals surface area contributed by atoms with E-state index in [-0.39, 0.29) is 0 Å². The van der Waals surface area contributed by atoms with E-state index in [4.69, 9.17) is 0 Å². The van der Waals surface area contributed by atoms with E-state index in [0.717, 1.165) is 13.1 Å². The number of allylic oxidation sites excluding steroid dienone is 3. The largest absolute Gasteiger partial charge is 0.385 e. The lowest BCUT2D eigenvalue weighted by Gasteiger charge is -2.24. The van der Waals surface area contributed by atoms with Crippen LogP contribution >= 0.6 is 0 Å². The average Bonchev–Trinajstić information content (AvgIpc) is 2.05. The average molecular weight is 136 g/mol. The van der Waals surface area contributed by atoms with Crippen LogP contribution in [0.25, 0.3) is 0 Å². The summed E-state index contributed by atoms with van der Waals surface area (Å²) < 4.78 is 0. The second kappa shape index (κ2) is 2.37. The zero-order valence-electron chi connectivity index (χ0n) is 5.98. The number of nitrogens with one attached hydrogen (secondary N) is 2. The van der Waals surface area contributed by atoms with Crippen molar-refractivity contribution < 1.29 is 0 Å². The molecule has 2 nitrogen and oxygen atoms in total. The van der Waals surface area contributed by atoms with Crippen LogP contribution in [0.15, 0.2) is 23.5 Å². The number of rotatable bonds is 0. The molecule has 0 spiro atoms. The Labute approximate surface area is 61.0 Å². The summed E-state index contributed by atoms with van der Waals surface area (Å²) in [5, 5.41) is 6.74. The standard InChI is InChI=1S/C8H12N2/c1-2-4-8-7(3-1)9-5-6-10-8/h1,3,9-10H,2,4-6H2. The van der Waals surface area contributed by atoms with Gasteiger partial charge in [-0.1, -0.05) is 6.08 Å². The van der Waals surface area contributed by atoms with Crippen LogP contribution in [-0.4, -0.2) is 13.1 Å². The third-order valence-corrected chi connectivity index (χ3v) is 1.95. The minimum atomic E-state index is 1.06. The van der Waals surface area contributed by atoms with Crippen molar-refractivity contribution in [2.24, 2.45) is 0 Å². The Morgan fingerprint density at radius 1 is 1.20 bits per heavy atom. The van der Waals surface area contributed by atoms with Crippen molar-refractivity contribution >= 4 is 0 Å². The van der Waals surface area contributed by atoms with Crippen molar-refractivity contribution in [2.75, 3.05) is 13.1 Å². The molecule has 0 amide bonds. The molecule has 0 saturated heterocycles. The molecule has 2 heteroatoms. The summed E-state index contributed by atoms with van der Waals surface area (Å²) >= 11 is 0. The molecule has 1 aliphatic heterocycles. The maximum absolute atomic E-state index is 3.39. The third-order valence-electron chi connectivity index (χ3n) is 1.95. The second-order valence-electron chi connectivity index (χ2n) is 2.69. The van der Waals surface area contributed by atoms with Gasteiger partial charge in [0, 0.05) is 18.8 Å². The highest BCUT2D eigenvalue weighted by Gasteiger charge is 2.10. The Morgan fingerprint density at radius 3 is 3.00 bits per heavy atom. The first kappa shape index (κ1) is 5.83. The highest BCUT2D eigenvalue weighted by molar-refractivity contribution is 5.28. The van der Waals surface area contributed by atoms with E-state index in [1.54, 1.807) is 0 Å². The van der Waals surface area contributed by atoms with E-state index in [0.29, 0.717) is 0 Å². The normalized spacial score (nSPS) is 23.2. The van der Waals surface area contributed by atoms with Gasteiger partial charge in [0.25, 0.3) is 0 Å². The highest BCUT2D eigenvalue weighted by atomic mass is 15.0. The second-order valence-corrected chi connectivity index (χ2v) is 2.69. The van der Waals surface area contributed by atoms with E-state index >= 15 is 0 Å². The van der Waals surface area contributed by atoms with E-state index in [1.165, 1.54) is 24.2 Å². The molecule has 0 bridgehead atoms. The maximum Gasteiger partial charge on any atom is 0.0530 e. The zero-order chi connectivity index (χ0) is 6.81. The summed E-state index contributed by atoms with van der Waals surface area (Å²) in [6.45, 7) is 2.13. The van der Waals surface area contributed by atoms with Gasteiger partial charge in [-0.3, -0.25) is 0 Å². The van der Waals surface area contributed by atoms with Crippen molar-refractivity contribution in [3.8, 4) is 0 Å². The molecule has 0 unspecified atom stereocenters. The molecule has 0 radical (unpaired) electrons. The number of hydrogen-bond donors (Lipinski definition) is 2. The van der Waals surface area contributed by atoms with Gasteiger partial charge in [-0.25, -0.2) is 0 Å². The lowest BCUT2D eigenvalue weighted by atomic mass is 10.1. The van der Waals surface area contributed by atoms with Crippen LogP contribution in [0.1, 0.15) is 12.8 Å². The Bertz CT molecular complexity index is 191. The lowest BCUT2D eigenvalue weighted by molar-refractivity contribution is 0.626. The van der Waals surface area contributed by atoms with Crippen LogP contribution in [0.3, 0.4) is 0 Å². The maximum atomic E-state index is 3.39. The highest BCUT2D eigenvalue weighted by Crippen LogP contribution is 2.15. The van der Waals surface area contributed by atoms with Crippen LogP contribution < -0.4 is 10.6 Å². The van der Waals surface area contributed by atoms with Gasteiger partial charge in [0.2, 0.25) is 0 Å². The molecule has 10 heavy (non-hydrogen) atoms. The van der Waals surface area contributed by atoms with Gasteiger partial charge in [0.15, 0.2) is 0 Å². The molecule has 0 atom stereocenters. The van der Waals surface area contributed by atoms with Crippen LogP contribution in [0, 0.1) is 0 Å². The molecule has 0 saturated carbocycles. The first-order chi connectivity index (χ1) is 4.97. The lowest BCUT2D eigenvalue weighted by Crippen LogP contribution is -2.35. The van der Waals surface area contributed by atoms with Gasteiger partial charge < -0.3 is 10.6 Å². The van der Waals surface area contributed by atoms with Gasteiger partial charge >= 0.3 is 0 Å². The van der Waals surface area contributed by atoms with Gasteiger partial charge in [-0.15, -0.1) is 0 Å². The predicted octanol–water partition coefficient (Wildman–Crippen LogP) is 0.741. The van der Waals surface area contributed by atoms with E-state index in [2.05, 4.69) is 22.8 Å². The summed E-state index contributed by atoms with van der Waals surface area (Å²) in [6.07, 6.45) is 6.76. The Balaban J connectivity index is 2.23. The SMILES string of the molecule is C1=CC2=C(CC1)NCCN2. The molecule has 2 aliphatic rings. The molecule has 1 heterocycles. The summed E-state index contributed by atoms with van der Waals surface area (Å²) in [4.78, 5) is 0. The van der Waals surface area contributed by atoms with Gasteiger partial charge in [-0.2, -0.15) is 0 Å².